The first kappa shape index (κ1) is 16.4. The smallest absolute Gasteiger partial charge is 0.256 e. The van der Waals surface area contributed by atoms with Crippen LogP contribution in [0.25, 0.3) is 0 Å². The molecule has 5 heteroatoms. The van der Waals surface area contributed by atoms with Crippen molar-refractivity contribution < 1.29 is 4.79 Å². The summed E-state index contributed by atoms with van der Waals surface area (Å²) in [6.45, 7) is 6.11. The standard InChI is InChI=1S/C19H28ClN3O/c1-19(2,3)23-17(20)15(10-21-23)18(24)22-16-5-4-11-6-12-8-13(7-11)14(16)9-12/h10-14,16H,4-9H2,1-3H3,(H,22,24). The number of hydrogen-bond donors (Lipinski definition) is 1. The van der Waals surface area contributed by atoms with Gasteiger partial charge < -0.3 is 5.32 Å². The Morgan fingerprint density at radius 2 is 1.96 bits per heavy atom. The van der Waals surface area contributed by atoms with Crippen LogP contribution in [-0.4, -0.2) is 21.7 Å². The largest absolute Gasteiger partial charge is 0.349 e. The highest BCUT2D eigenvalue weighted by Crippen LogP contribution is 2.53. The summed E-state index contributed by atoms with van der Waals surface area (Å²) in [7, 11) is 0. The molecule has 4 nitrogen and oxygen atoms in total. The van der Waals surface area contributed by atoms with Gasteiger partial charge in [0, 0.05) is 6.04 Å². The van der Waals surface area contributed by atoms with Gasteiger partial charge in [0.15, 0.2) is 0 Å². The van der Waals surface area contributed by atoms with E-state index < -0.39 is 0 Å². The van der Waals surface area contributed by atoms with E-state index in [2.05, 4.69) is 10.4 Å². The summed E-state index contributed by atoms with van der Waals surface area (Å²) in [5.41, 5.74) is 0.283. The van der Waals surface area contributed by atoms with Gasteiger partial charge in [-0.3, -0.25) is 4.79 Å². The molecule has 3 aliphatic carbocycles. The molecule has 0 radical (unpaired) electrons. The molecule has 0 saturated heterocycles. The first-order chi connectivity index (χ1) is 11.3. The highest BCUT2D eigenvalue weighted by atomic mass is 35.5. The van der Waals surface area contributed by atoms with Crippen molar-refractivity contribution in [2.45, 2.75) is 70.9 Å². The van der Waals surface area contributed by atoms with Crippen molar-refractivity contribution in [2.75, 3.05) is 0 Å². The minimum Gasteiger partial charge on any atom is -0.349 e. The maximum atomic E-state index is 12.8. The Labute approximate surface area is 149 Å². The molecule has 3 saturated carbocycles. The molecular weight excluding hydrogens is 322 g/mol. The zero-order valence-corrected chi connectivity index (χ0v) is 15.6. The molecule has 5 unspecified atom stereocenters. The maximum Gasteiger partial charge on any atom is 0.256 e. The zero-order chi connectivity index (χ0) is 17.1. The van der Waals surface area contributed by atoms with Crippen LogP contribution in [0, 0.1) is 23.7 Å². The minimum absolute atomic E-state index is 0.0540. The van der Waals surface area contributed by atoms with Crippen molar-refractivity contribution in [3.63, 3.8) is 0 Å². The van der Waals surface area contributed by atoms with Crippen LogP contribution in [0.3, 0.4) is 0 Å². The quantitative estimate of drug-likeness (QED) is 0.868. The molecule has 1 heterocycles. The van der Waals surface area contributed by atoms with E-state index in [9.17, 15) is 4.79 Å². The van der Waals surface area contributed by atoms with Crippen molar-refractivity contribution in [1.82, 2.24) is 15.1 Å². The molecule has 1 aromatic heterocycles. The average molecular weight is 350 g/mol. The third-order valence-corrected chi connectivity index (χ3v) is 6.82. The predicted molar refractivity (Wildman–Crippen MR) is 95.1 cm³/mol. The van der Waals surface area contributed by atoms with Gasteiger partial charge in [0.1, 0.15) is 5.15 Å². The zero-order valence-electron chi connectivity index (χ0n) is 14.9. The van der Waals surface area contributed by atoms with Crippen LogP contribution in [-0.2, 0) is 5.54 Å². The molecule has 4 rings (SSSR count). The first-order valence-electron chi connectivity index (χ1n) is 9.38. The van der Waals surface area contributed by atoms with Crippen molar-refractivity contribution in [2.24, 2.45) is 23.7 Å². The van der Waals surface area contributed by atoms with Gasteiger partial charge in [-0.2, -0.15) is 5.10 Å². The summed E-state index contributed by atoms with van der Waals surface area (Å²) >= 11 is 6.43. The number of hydrogen-bond acceptors (Lipinski definition) is 2. The Morgan fingerprint density at radius 3 is 2.67 bits per heavy atom. The molecule has 3 fully saturated rings. The van der Waals surface area contributed by atoms with E-state index in [0.29, 0.717) is 22.7 Å². The van der Waals surface area contributed by atoms with Gasteiger partial charge in [0.25, 0.3) is 5.91 Å². The van der Waals surface area contributed by atoms with E-state index in [-0.39, 0.29) is 11.4 Å². The van der Waals surface area contributed by atoms with E-state index in [0.717, 1.165) is 24.2 Å². The van der Waals surface area contributed by atoms with Gasteiger partial charge >= 0.3 is 0 Å². The van der Waals surface area contributed by atoms with Gasteiger partial charge in [0.2, 0.25) is 0 Å². The molecule has 1 aromatic rings. The Balaban J connectivity index is 1.51. The normalized spacial score (nSPS) is 35.1. The number of amides is 1. The number of halogens is 1. The van der Waals surface area contributed by atoms with Gasteiger partial charge in [-0.25, -0.2) is 4.68 Å². The molecule has 24 heavy (non-hydrogen) atoms. The van der Waals surface area contributed by atoms with Crippen molar-refractivity contribution in [3.8, 4) is 0 Å². The second kappa shape index (κ2) is 5.76. The molecule has 0 aromatic carbocycles. The topological polar surface area (TPSA) is 46.9 Å². The van der Waals surface area contributed by atoms with Gasteiger partial charge in [-0.15, -0.1) is 0 Å². The van der Waals surface area contributed by atoms with E-state index in [4.69, 9.17) is 11.6 Å². The summed E-state index contributed by atoms with van der Waals surface area (Å²) in [5, 5.41) is 8.09. The fourth-order valence-corrected chi connectivity index (χ4v) is 5.90. The third-order valence-electron chi connectivity index (χ3n) is 6.46. The molecular formula is C19H28ClN3O. The summed E-state index contributed by atoms with van der Waals surface area (Å²) in [5.74, 6) is 3.25. The number of aromatic nitrogens is 2. The average Bonchev–Trinajstić information content (AvgIpc) is 2.99. The Hall–Kier alpha value is -1.03. The van der Waals surface area contributed by atoms with Gasteiger partial charge in [0.05, 0.1) is 17.3 Å². The van der Waals surface area contributed by atoms with Crippen LogP contribution in [0.15, 0.2) is 6.20 Å². The van der Waals surface area contributed by atoms with E-state index in [1.54, 1.807) is 10.9 Å². The number of rotatable bonds is 2. The monoisotopic (exact) mass is 349 g/mol. The van der Waals surface area contributed by atoms with E-state index >= 15 is 0 Å². The molecule has 132 valence electrons. The van der Waals surface area contributed by atoms with Crippen LogP contribution in [0.2, 0.25) is 5.15 Å². The fraction of sp³-hybridized carbons (Fsp3) is 0.789. The highest BCUT2D eigenvalue weighted by Gasteiger charge is 2.46. The Kier molecular flexibility index (Phi) is 3.94. The second-order valence-electron chi connectivity index (χ2n) is 9.19. The van der Waals surface area contributed by atoms with Crippen LogP contribution >= 0.6 is 11.6 Å². The van der Waals surface area contributed by atoms with Crippen molar-refractivity contribution in [3.05, 3.63) is 16.9 Å². The Morgan fingerprint density at radius 1 is 1.21 bits per heavy atom. The number of carbonyl (C=O) groups is 1. The van der Waals surface area contributed by atoms with Crippen LogP contribution in [0.4, 0.5) is 0 Å². The lowest BCUT2D eigenvalue weighted by Crippen LogP contribution is -2.41. The summed E-state index contributed by atoms with van der Waals surface area (Å²) in [6.07, 6.45) is 9.51. The fourth-order valence-electron chi connectivity index (χ4n) is 5.47. The predicted octanol–water partition coefficient (Wildman–Crippen LogP) is 4.24. The molecule has 1 N–H and O–H groups in total. The van der Waals surface area contributed by atoms with E-state index in [1.807, 2.05) is 20.8 Å². The maximum absolute atomic E-state index is 12.8. The molecule has 0 aliphatic heterocycles. The van der Waals surface area contributed by atoms with Crippen LogP contribution in [0.5, 0.6) is 0 Å². The molecule has 3 bridgehead atoms. The van der Waals surface area contributed by atoms with Crippen LogP contribution in [0.1, 0.15) is 69.7 Å². The summed E-state index contributed by atoms with van der Waals surface area (Å²) in [4.78, 5) is 12.8. The number of nitrogens with one attached hydrogen (secondary N) is 1. The lowest BCUT2D eigenvalue weighted by molar-refractivity contribution is 0.0912. The molecule has 3 aliphatic rings. The lowest BCUT2D eigenvalue weighted by Gasteiger charge is -2.27. The number of fused-ring (bicyclic) bond motifs is 2. The minimum atomic E-state index is -0.226. The van der Waals surface area contributed by atoms with E-state index in [1.165, 1.54) is 32.1 Å². The Bertz CT molecular complexity index is 648. The van der Waals surface area contributed by atoms with Crippen molar-refractivity contribution >= 4 is 17.5 Å². The highest BCUT2D eigenvalue weighted by molar-refractivity contribution is 6.32. The number of nitrogens with zero attached hydrogens (tertiary/aromatic N) is 2. The van der Waals surface area contributed by atoms with Crippen LogP contribution < -0.4 is 5.32 Å². The second-order valence-corrected chi connectivity index (χ2v) is 9.55. The molecule has 5 atom stereocenters. The molecule has 1 amide bonds. The molecule has 0 spiro atoms. The first-order valence-corrected chi connectivity index (χ1v) is 9.75. The van der Waals surface area contributed by atoms with Gasteiger partial charge in [-0.1, -0.05) is 11.6 Å². The lowest BCUT2D eigenvalue weighted by atomic mass is 9.80. The SMILES string of the molecule is CC(C)(C)n1ncc(C(=O)NC2CCC3CC4CC(C3)C2C4)c1Cl. The number of carbonyl (C=O) groups excluding carboxylic acids is 1. The van der Waals surface area contributed by atoms with Gasteiger partial charge in [-0.05, 0) is 83.0 Å². The summed E-state index contributed by atoms with van der Waals surface area (Å²) in [6, 6.07) is 0.312. The summed E-state index contributed by atoms with van der Waals surface area (Å²) < 4.78 is 1.73. The van der Waals surface area contributed by atoms with Crippen molar-refractivity contribution in [1.29, 1.82) is 0 Å². The third kappa shape index (κ3) is 2.77.